The van der Waals surface area contributed by atoms with Crippen molar-refractivity contribution in [3.05, 3.63) is 11.9 Å². The van der Waals surface area contributed by atoms with Gasteiger partial charge in [0, 0.05) is 13.5 Å². The van der Waals surface area contributed by atoms with Crippen LogP contribution in [-0.2, 0) is 4.74 Å². The zero-order valence-corrected chi connectivity index (χ0v) is 11.4. The number of ketones is 1. The van der Waals surface area contributed by atoms with Gasteiger partial charge in [-0.1, -0.05) is 0 Å². The second-order valence-corrected chi connectivity index (χ2v) is 4.61. The van der Waals surface area contributed by atoms with Gasteiger partial charge in [-0.15, -0.1) is 0 Å². The van der Waals surface area contributed by atoms with Gasteiger partial charge in [-0.2, -0.15) is 4.98 Å². The van der Waals surface area contributed by atoms with Crippen molar-refractivity contribution >= 4 is 5.78 Å². The summed E-state index contributed by atoms with van der Waals surface area (Å²) in [7, 11) is 4.58. The number of carbonyl (C=O) groups excluding carboxylic acids is 1. The predicted octanol–water partition coefficient (Wildman–Crippen LogP) is 1.64. The zero-order chi connectivity index (χ0) is 13.9. The highest BCUT2D eigenvalue weighted by Gasteiger charge is 2.40. The van der Waals surface area contributed by atoms with E-state index in [9.17, 15) is 4.79 Å². The van der Waals surface area contributed by atoms with Crippen molar-refractivity contribution in [3.63, 3.8) is 0 Å². The summed E-state index contributed by atoms with van der Waals surface area (Å²) in [4.78, 5) is 20.4. The number of hydrogen-bond donors (Lipinski definition) is 0. The van der Waals surface area contributed by atoms with Crippen LogP contribution in [0.3, 0.4) is 0 Å². The number of nitrogens with zero attached hydrogens (tertiary/aromatic N) is 2. The molecule has 1 aromatic heterocycles. The highest BCUT2D eigenvalue weighted by atomic mass is 16.5. The van der Waals surface area contributed by atoms with E-state index in [1.807, 2.05) is 0 Å². The maximum atomic E-state index is 12.3. The molecule has 0 radical (unpaired) electrons. The Morgan fingerprint density at radius 3 is 2.53 bits per heavy atom. The van der Waals surface area contributed by atoms with Crippen molar-refractivity contribution in [2.24, 2.45) is 0 Å². The number of methoxy groups -OCH3 is 3. The molecule has 0 saturated heterocycles. The van der Waals surface area contributed by atoms with Crippen LogP contribution in [0.1, 0.15) is 36.2 Å². The molecule has 19 heavy (non-hydrogen) atoms. The number of hydrogen-bond acceptors (Lipinski definition) is 6. The summed E-state index contributed by atoms with van der Waals surface area (Å²) in [6.07, 6.45) is 4.62. The van der Waals surface area contributed by atoms with E-state index in [2.05, 4.69) is 9.97 Å². The van der Waals surface area contributed by atoms with Crippen LogP contribution in [0.2, 0.25) is 0 Å². The van der Waals surface area contributed by atoms with E-state index in [0.717, 1.165) is 19.3 Å². The van der Waals surface area contributed by atoms with Gasteiger partial charge in [0.25, 0.3) is 0 Å². The van der Waals surface area contributed by atoms with Crippen molar-refractivity contribution in [2.45, 2.75) is 31.3 Å². The molecule has 1 aromatic rings. The summed E-state index contributed by atoms with van der Waals surface area (Å²) >= 11 is 0. The molecule has 0 aliphatic heterocycles. The Morgan fingerprint density at radius 1 is 1.32 bits per heavy atom. The highest BCUT2D eigenvalue weighted by molar-refractivity contribution is 5.97. The molecule has 0 atom stereocenters. The summed E-state index contributed by atoms with van der Waals surface area (Å²) in [5, 5.41) is 0. The first kappa shape index (κ1) is 13.7. The molecule has 6 nitrogen and oxygen atoms in total. The molecule has 1 heterocycles. The third kappa shape index (κ3) is 2.68. The quantitative estimate of drug-likeness (QED) is 0.729. The maximum Gasteiger partial charge on any atom is 0.246 e. The molecule has 0 bridgehead atoms. The SMILES string of the molecule is COc1cnc(C(=O)CC2(OC)CCC2)c(OC)n1. The topological polar surface area (TPSA) is 70.5 Å². The second-order valence-electron chi connectivity index (χ2n) is 4.61. The van der Waals surface area contributed by atoms with Gasteiger partial charge in [-0.25, -0.2) is 4.98 Å². The van der Waals surface area contributed by atoms with Crippen molar-refractivity contribution in [3.8, 4) is 11.8 Å². The first-order valence-electron chi connectivity index (χ1n) is 6.17. The van der Waals surface area contributed by atoms with E-state index in [1.54, 1.807) is 7.11 Å². The van der Waals surface area contributed by atoms with E-state index in [0.29, 0.717) is 12.3 Å². The molecular formula is C13H18N2O4. The van der Waals surface area contributed by atoms with Crippen LogP contribution in [0.5, 0.6) is 11.8 Å². The van der Waals surface area contributed by atoms with Crippen molar-refractivity contribution in [1.82, 2.24) is 9.97 Å². The van der Waals surface area contributed by atoms with E-state index < -0.39 is 0 Å². The van der Waals surface area contributed by atoms with Gasteiger partial charge in [0.2, 0.25) is 11.8 Å². The van der Waals surface area contributed by atoms with E-state index in [4.69, 9.17) is 14.2 Å². The lowest BCUT2D eigenvalue weighted by molar-refractivity contribution is -0.0705. The number of carbonyl (C=O) groups is 1. The fraction of sp³-hybridized carbons (Fsp3) is 0.615. The van der Waals surface area contributed by atoms with Gasteiger partial charge >= 0.3 is 0 Å². The van der Waals surface area contributed by atoms with Crippen LogP contribution >= 0.6 is 0 Å². The standard InChI is InChI=1S/C13H18N2O4/c1-17-10-8-14-11(12(15-10)18-2)9(16)7-13(19-3)5-4-6-13/h8H,4-7H2,1-3H3. The average Bonchev–Trinajstić information content (AvgIpc) is 2.41. The monoisotopic (exact) mass is 266 g/mol. The minimum absolute atomic E-state index is 0.117. The van der Waals surface area contributed by atoms with Crippen molar-refractivity contribution < 1.29 is 19.0 Å². The van der Waals surface area contributed by atoms with Crippen LogP contribution in [0.25, 0.3) is 0 Å². The molecule has 2 rings (SSSR count). The van der Waals surface area contributed by atoms with E-state index >= 15 is 0 Å². The average molecular weight is 266 g/mol. The molecule has 6 heteroatoms. The fourth-order valence-electron chi connectivity index (χ4n) is 2.19. The van der Waals surface area contributed by atoms with Gasteiger partial charge in [-0.05, 0) is 19.3 Å². The lowest BCUT2D eigenvalue weighted by Crippen LogP contribution is -2.41. The third-order valence-electron chi connectivity index (χ3n) is 3.57. The molecule has 104 valence electrons. The van der Waals surface area contributed by atoms with Gasteiger partial charge < -0.3 is 14.2 Å². The molecule has 1 aliphatic carbocycles. The van der Waals surface area contributed by atoms with Crippen LogP contribution in [0, 0.1) is 0 Å². The second kappa shape index (κ2) is 5.52. The van der Waals surface area contributed by atoms with Crippen LogP contribution in [-0.4, -0.2) is 42.7 Å². The summed E-state index contributed by atoms with van der Waals surface area (Å²) < 4.78 is 15.5. The van der Waals surface area contributed by atoms with Crippen molar-refractivity contribution in [2.75, 3.05) is 21.3 Å². The number of Topliss-reactive ketones (excluding diaryl/α,β-unsaturated/α-hetero) is 1. The Labute approximate surface area is 112 Å². The molecule has 0 N–H and O–H groups in total. The van der Waals surface area contributed by atoms with E-state index in [1.165, 1.54) is 20.4 Å². The Bertz CT molecular complexity index is 466. The first-order chi connectivity index (χ1) is 9.14. The Kier molecular flexibility index (Phi) is 3.99. The zero-order valence-electron chi connectivity index (χ0n) is 11.4. The summed E-state index contributed by atoms with van der Waals surface area (Å²) in [5.74, 6) is 0.391. The minimum atomic E-state index is -0.330. The molecule has 1 aliphatic rings. The minimum Gasteiger partial charge on any atom is -0.480 e. The molecule has 0 amide bonds. The third-order valence-corrected chi connectivity index (χ3v) is 3.57. The number of aromatic nitrogens is 2. The van der Waals surface area contributed by atoms with Gasteiger partial charge in [0.15, 0.2) is 11.5 Å². The molecule has 1 fully saturated rings. The Balaban J connectivity index is 2.18. The number of rotatable bonds is 6. The fourth-order valence-corrected chi connectivity index (χ4v) is 2.19. The maximum absolute atomic E-state index is 12.3. The smallest absolute Gasteiger partial charge is 0.246 e. The first-order valence-corrected chi connectivity index (χ1v) is 6.17. The Hall–Kier alpha value is -1.69. The van der Waals surface area contributed by atoms with Crippen molar-refractivity contribution in [1.29, 1.82) is 0 Å². The summed E-state index contributed by atoms with van der Waals surface area (Å²) in [6, 6.07) is 0. The normalized spacial score (nSPS) is 16.6. The molecular weight excluding hydrogens is 248 g/mol. The number of ether oxygens (including phenoxy) is 3. The van der Waals surface area contributed by atoms with Gasteiger partial charge in [0.1, 0.15) is 0 Å². The molecule has 0 unspecified atom stereocenters. The van der Waals surface area contributed by atoms with Crippen LogP contribution < -0.4 is 9.47 Å². The largest absolute Gasteiger partial charge is 0.480 e. The summed E-state index contributed by atoms with van der Waals surface area (Å²) in [6.45, 7) is 0. The van der Waals surface area contributed by atoms with Gasteiger partial charge in [0.05, 0.1) is 26.0 Å². The lowest BCUT2D eigenvalue weighted by atomic mass is 9.76. The van der Waals surface area contributed by atoms with E-state index in [-0.39, 0.29) is 23.0 Å². The highest BCUT2D eigenvalue weighted by Crippen LogP contribution is 2.39. The Morgan fingerprint density at radius 2 is 2.05 bits per heavy atom. The van der Waals surface area contributed by atoms with Crippen LogP contribution in [0.4, 0.5) is 0 Å². The summed E-state index contributed by atoms with van der Waals surface area (Å²) in [5.41, 5.74) is -0.101. The predicted molar refractivity (Wildman–Crippen MR) is 67.7 cm³/mol. The molecule has 0 aromatic carbocycles. The molecule has 1 saturated carbocycles. The lowest BCUT2D eigenvalue weighted by Gasteiger charge is -2.39. The van der Waals surface area contributed by atoms with Gasteiger partial charge in [-0.3, -0.25) is 4.79 Å². The van der Waals surface area contributed by atoms with Crippen LogP contribution in [0.15, 0.2) is 6.20 Å². The molecule has 0 spiro atoms.